The molecule has 0 radical (unpaired) electrons. The number of amides is 1. The number of nitrogens with zero attached hydrogens (tertiary/aromatic N) is 2. The molecule has 1 aromatic carbocycles. The third-order valence-electron chi connectivity index (χ3n) is 2.06. The summed E-state index contributed by atoms with van der Waals surface area (Å²) in [6.07, 6.45) is 2.54. The van der Waals surface area contributed by atoms with Gasteiger partial charge in [-0.3, -0.25) is 4.79 Å². The van der Waals surface area contributed by atoms with Crippen molar-refractivity contribution in [3.63, 3.8) is 0 Å². The standard InChI is InChI=1S/C11H7ClFN3O2/c12-7-4-15-5-16-11(7)18-9-2-1-6(10(14)17)3-8(9)13/h1-5H,(H2,14,17). The average molecular weight is 268 g/mol. The Kier molecular flexibility index (Phi) is 3.38. The highest BCUT2D eigenvalue weighted by Crippen LogP contribution is 2.28. The lowest BCUT2D eigenvalue weighted by molar-refractivity contribution is 0.1000. The van der Waals surface area contributed by atoms with Crippen molar-refractivity contribution in [1.29, 1.82) is 0 Å². The van der Waals surface area contributed by atoms with E-state index in [4.69, 9.17) is 22.1 Å². The van der Waals surface area contributed by atoms with E-state index >= 15 is 0 Å². The second-order valence-corrected chi connectivity index (χ2v) is 3.69. The van der Waals surface area contributed by atoms with Crippen LogP contribution in [0.15, 0.2) is 30.7 Å². The lowest BCUT2D eigenvalue weighted by atomic mass is 10.2. The topological polar surface area (TPSA) is 78.1 Å². The first kappa shape index (κ1) is 12.3. The summed E-state index contributed by atoms with van der Waals surface area (Å²) in [5.74, 6) is -1.54. The number of hydrogen-bond acceptors (Lipinski definition) is 4. The molecule has 0 spiro atoms. The number of primary amides is 1. The molecule has 5 nitrogen and oxygen atoms in total. The number of nitrogens with two attached hydrogens (primary N) is 1. The van der Waals surface area contributed by atoms with Gasteiger partial charge < -0.3 is 10.5 Å². The smallest absolute Gasteiger partial charge is 0.248 e. The van der Waals surface area contributed by atoms with Crippen LogP contribution in [-0.4, -0.2) is 15.9 Å². The minimum Gasteiger partial charge on any atom is -0.434 e. The largest absolute Gasteiger partial charge is 0.434 e. The Bertz CT molecular complexity index is 607. The molecule has 0 bridgehead atoms. The fourth-order valence-electron chi connectivity index (χ4n) is 1.22. The Morgan fingerprint density at radius 1 is 1.44 bits per heavy atom. The fraction of sp³-hybridized carbons (Fsp3) is 0. The van der Waals surface area contributed by atoms with E-state index in [1.54, 1.807) is 0 Å². The second-order valence-electron chi connectivity index (χ2n) is 3.29. The molecule has 7 heteroatoms. The Morgan fingerprint density at radius 2 is 2.22 bits per heavy atom. The summed E-state index contributed by atoms with van der Waals surface area (Å²) in [7, 11) is 0. The molecule has 0 unspecified atom stereocenters. The van der Waals surface area contributed by atoms with Gasteiger partial charge in [0.15, 0.2) is 11.6 Å². The zero-order valence-corrected chi connectivity index (χ0v) is 9.69. The first-order valence-corrected chi connectivity index (χ1v) is 5.18. The average Bonchev–Trinajstić information content (AvgIpc) is 2.34. The summed E-state index contributed by atoms with van der Waals surface area (Å²) in [6.45, 7) is 0. The fourth-order valence-corrected chi connectivity index (χ4v) is 1.36. The molecule has 1 aromatic heterocycles. The van der Waals surface area contributed by atoms with E-state index in [1.165, 1.54) is 24.7 Å². The predicted molar refractivity (Wildman–Crippen MR) is 62.0 cm³/mol. The molecule has 0 atom stereocenters. The zero-order chi connectivity index (χ0) is 13.1. The molecule has 1 heterocycles. The molecule has 0 aliphatic rings. The van der Waals surface area contributed by atoms with Crippen LogP contribution in [-0.2, 0) is 0 Å². The third-order valence-corrected chi connectivity index (χ3v) is 2.32. The van der Waals surface area contributed by atoms with E-state index in [9.17, 15) is 9.18 Å². The number of carbonyl (C=O) groups is 1. The van der Waals surface area contributed by atoms with Crippen molar-refractivity contribution in [2.45, 2.75) is 0 Å². The molecule has 1 amide bonds. The number of halogens is 2. The van der Waals surface area contributed by atoms with E-state index in [0.717, 1.165) is 6.07 Å². The van der Waals surface area contributed by atoms with Gasteiger partial charge in [0.05, 0.1) is 6.20 Å². The maximum Gasteiger partial charge on any atom is 0.248 e. The summed E-state index contributed by atoms with van der Waals surface area (Å²) in [5.41, 5.74) is 5.07. The van der Waals surface area contributed by atoms with Crippen molar-refractivity contribution < 1.29 is 13.9 Å². The summed E-state index contributed by atoms with van der Waals surface area (Å²) < 4.78 is 18.8. The van der Waals surface area contributed by atoms with Gasteiger partial charge in [0.1, 0.15) is 11.3 Å². The highest BCUT2D eigenvalue weighted by Gasteiger charge is 2.11. The second kappa shape index (κ2) is 4.97. The first-order chi connectivity index (χ1) is 8.58. The van der Waals surface area contributed by atoms with Gasteiger partial charge in [-0.05, 0) is 18.2 Å². The SMILES string of the molecule is NC(=O)c1ccc(Oc2ncncc2Cl)c(F)c1. The van der Waals surface area contributed by atoms with Crippen molar-refractivity contribution >= 4 is 17.5 Å². The zero-order valence-electron chi connectivity index (χ0n) is 8.93. The van der Waals surface area contributed by atoms with E-state index < -0.39 is 11.7 Å². The van der Waals surface area contributed by atoms with Crippen LogP contribution in [0.4, 0.5) is 4.39 Å². The van der Waals surface area contributed by atoms with Gasteiger partial charge in [-0.15, -0.1) is 0 Å². The van der Waals surface area contributed by atoms with Crippen LogP contribution in [0.1, 0.15) is 10.4 Å². The summed E-state index contributed by atoms with van der Waals surface area (Å²) in [5, 5.41) is 0.149. The van der Waals surface area contributed by atoms with E-state index in [2.05, 4.69) is 9.97 Å². The molecule has 0 aliphatic heterocycles. The molecule has 2 rings (SSSR count). The predicted octanol–water partition coefficient (Wildman–Crippen LogP) is 2.16. The monoisotopic (exact) mass is 267 g/mol. The van der Waals surface area contributed by atoms with Crippen LogP contribution in [0.25, 0.3) is 0 Å². The van der Waals surface area contributed by atoms with Gasteiger partial charge in [-0.1, -0.05) is 11.6 Å². The van der Waals surface area contributed by atoms with Crippen LogP contribution in [0.5, 0.6) is 11.6 Å². The van der Waals surface area contributed by atoms with Crippen LogP contribution < -0.4 is 10.5 Å². The molecular formula is C11H7ClFN3O2. The summed E-state index contributed by atoms with van der Waals surface area (Å²) in [4.78, 5) is 18.3. The summed E-state index contributed by atoms with van der Waals surface area (Å²) >= 11 is 5.76. The molecule has 92 valence electrons. The van der Waals surface area contributed by atoms with Gasteiger partial charge in [0.2, 0.25) is 11.8 Å². The Labute approximate surface area is 106 Å². The maximum absolute atomic E-state index is 13.6. The van der Waals surface area contributed by atoms with Crippen LogP contribution >= 0.6 is 11.6 Å². The highest BCUT2D eigenvalue weighted by atomic mass is 35.5. The number of hydrogen-bond donors (Lipinski definition) is 1. The number of rotatable bonds is 3. The Balaban J connectivity index is 2.30. The molecule has 18 heavy (non-hydrogen) atoms. The van der Waals surface area contributed by atoms with E-state index in [1.807, 2.05) is 0 Å². The lowest BCUT2D eigenvalue weighted by Gasteiger charge is -2.07. The minimum atomic E-state index is -0.735. The molecule has 0 saturated heterocycles. The van der Waals surface area contributed by atoms with Crippen molar-refractivity contribution in [3.05, 3.63) is 47.1 Å². The minimum absolute atomic E-state index is 0.0254. The molecule has 0 aliphatic carbocycles. The Morgan fingerprint density at radius 3 is 2.83 bits per heavy atom. The lowest BCUT2D eigenvalue weighted by Crippen LogP contribution is -2.11. The van der Waals surface area contributed by atoms with Crippen LogP contribution in [0, 0.1) is 5.82 Å². The van der Waals surface area contributed by atoms with Crippen molar-refractivity contribution in [1.82, 2.24) is 9.97 Å². The van der Waals surface area contributed by atoms with Gasteiger partial charge in [0, 0.05) is 5.56 Å². The Hall–Kier alpha value is -2.21. The molecular weight excluding hydrogens is 261 g/mol. The van der Waals surface area contributed by atoms with Crippen molar-refractivity contribution in [2.75, 3.05) is 0 Å². The number of carbonyl (C=O) groups excluding carboxylic acids is 1. The quantitative estimate of drug-likeness (QED) is 0.924. The molecule has 0 fully saturated rings. The van der Waals surface area contributed by atoms with Gasteiger partial charge in [0.25, 0.3) is 0 Å². The van der Waals surface area contributed by atoms with Gasteiger partial charge >= 0.3 is 0 Å². The van der Waals surface area contributed by atoms with Crippen molar-refractivity contribution in [2.24, 2.45) is 5.73 Å². The maximum atomic E-state index is 13.6. The van der Waals surface area contributed by atoms with Crippen molar-refractivity contribution in [3.8, 4) is 11.6 Å². The molecule has 2 N–H and O–H groups in total. The summed E-state index contributed by atoms with van der Waals surface area (Å²) in [6, 6.07) is 3.59. The molecule has 2 aromatic rings. The van der Waals surface area contributed by atoms with Gasteiger partial charge in [-0.2, -0.15) is 0 Å². The number of ether oxygens (including phenoxy) is 1. The molecule has 0 saturated carbocycles. The van der Waals surface area contributed by atoms with E-state index in [0.29, 0.717) is 0 Å². The van der Waals surface area contributed by atoms with Crippen LogP contribution in [0.3, 0.4) is 0 Å². The third kappa shape index (κ3) is 2.54. The highest BCUT2D eigenvalue weighted by molar-refractivity contribution is 6.31. The number of aromatic nitrogens is 2. The normalized spacial score (nSPS) is 10.1. The number of benzene rings is 1. The van der Waals surface area contributed by atoms with Gasteiger partial charge in [-0.25, -0.2) is 14.4 Å². The van der Waals surface area contributed by atoms with Crippen LogP contribution in [0.2, 0.25) is 5.02 Å². The first-order valence-electron chi connectivity index (χ1n) is 4.80. The van der Waals surface area contributed by atoms with E-state index in [-0.39, 0.29) is 22.2 Å².